The normalized spacial score (nSPS) is 10.2. The second-order valence-corrected chi connectivity index (χ2v) is 3.89. The molecule has 0 bridgehead atoms. The van der Waals surface area contributed by atoms with Gasteiger partial charge in [-0.3, -0.25) is 10.1 Å². The number of nitrogens with two attached hydrogens (primary N) is 1. The molecule has 0 saturated heterocycles. The molecule has 7 nitrogen and oxygen atoms in total. The maximum atomic E-state index is 10.6. The molecule has 1 aromatic heterocycles. The minimum Gasteiger partial charge on any atom is -0.485 e. The molecule has 0 aliphatic carbocycles. The van der Waals surface area contributed by atoms with Gasteiger partial charge in [0.25, 0.3) is 5.69 Å². The van der Waals surface area contributed by atoms with Gasteiger partial charge in [-0.2, -0.15) is 0 Å². The van der Waals surface area contributed by atoms with Gasteiger partial charge in [-0.15, -0.1) is 0 Å². The molecule has 1 heterocycles. The molecule has 0 saturated carbocycles. The van der Waals surface area contributed by atoms with Crippen molar-refractivity contribution in [1.82, 2.24) is 9.97 Å². The van der Waals surface area contributed by atoms with Gasteiger partial charge in [0, 0.05) is 17.8 Å². The summed E-state index contributed by atoms with van der Waals surface area (Å²) in [7, 11) is 0. The minimum absolute atomic E-state index is 0.0258. The van der Waals surface area contributed by atoms with E-state index in [1.165, 1.54) is 12.1 Å². The van der Waals surface area contributed by atoms with Gasteiger partial charge in [0.1, 0.15) is 18.2 Å². The third-order valence-corrected chi connectivity index (χ3v) is 2.32. The van der Waals surface area contributed by atoms with Crippen molar-refractivity contribution in [3.8, 4) is 5.75 Å². The molecule has 7 heteroatoms. The smallest absolute Gasteiger partial charge is 0.273 e. The summed E-state index contributed by atoms with van der Waals surface area (Å²) in [5.41, 5.74) is 6.31. The fourth-order valence-electron chi connectivity index (χ4n) is 1.56. The lowest BCUT2D eigenvalue weighted by molar-refractivity contribution is -0.384. The van der Waals surface area contributed by atoms with E-state index in [0.717, 1.165) is 5.69 Å². The molecule has 0 amide bonds. The third-order valence-electron chi connectivity index (χ3n) is 2.32. The number of aromatic nitrogens is 2. The van der Waals surface area contributed by atoms with Crippen LogP contribution in [0.4, 0.5) is 11.5 Å². The summed E-state index contributed by atoms with van der Waals surface area (Å²) >= 11 is 0. The molecule has 2 N–H and O–H groups in total. The molecule has 2 aromatic rings. The highest BCUT2D eigenvalue weighted by Crippen LogP contribution is 2.19. The van der Waals surface area contributed by atoms with Gasteiger partial charge in [0.05, 0.1) is 11.0 Å². The molecule has 2 rings (SSSR count). The molecule has 0 spiro atoms. The summed E-state index contributed by atoms with van der Waals surface area (Å²) in [6.45, 7) is 1.90. The second kappa shape index (κ2) is 5.30. The van der Waals surface area contributed by atoms with Crippen LogP contribution in [0.1, 0.15) is 11.5 Å². The van der Waals surface area contributed by atoms with Crippen molar-refractivity contribution in [3.63, 3.8) is 0 Å². The van der Waals surface area contributed by atoms with Gasteiger partial charge >= 0.3 is 0 Å². The van der Waals surface area contributed by atoms with Gasteiger partial charge in [-0.05, 0) is 13.0 Å². The molecular formula is C12H12N4O3. The Kier molecular flexibility index (Phi) is 3.56. The van der Waals surface area contributed by atoms with E-state index in [2.05, 4.69) is 9.97 Å². The predicted molar refractivity (Wildman–Crippen MR) is 68.6 cm³/mol. The Balaban J connectivity index is 2.10. The number of hydrogen-bond donors (Lipinski definition) is 1. The van der Waals surface area contributed by atoms with Crippen molar-refractivity contribution in [2.24, 2.45) is 0 Å². The zero-order valence-corrected chi connectivity index (χ0v) is 10.2. The lowest BCUT2D eigenvalue weighted by Gasteiger charge is -2.06. The average Bonchev–Trinajstić information content (AvgIpc) is 2.35. The zero-order chi connectivity index (χ0) is 13.8. The number of hydrogen-bond acceptors (Lipinski definition) is 6. The predicted octanol–water partition coefficient (Wildman–Crippen LogP) is 1.85. The Morgan fingerprint density at radius 2 is 2.16 bits per heavy atom. The number of ether oxygens (including phenoxy) is 1. The molecule has 0 radical (unpaired) electrons. The maximum Gasteiger partial charge on any atom is 0.273 e. The van der Waals surface area contributed by atoms with E-state index in [-0.39, 0.29) is 12.3 Å². The van der Waals surface area contributed by atoms with E-state index in [1.54, 1.807) is 25.1 Å². The molecule has 98 valence electrons. The number of nitro benzene ring substituents is 1. The van der Waals surface area contributed by atoms with E-state index >= 15 is 0 Å². The van der Waals surface area contributed by atoms with Crippen LogP contribution >= 0.6 is 0 Å². The summed E-state index contributed by atoms with van der Waals surface area (Å²) in [6, 6.07) is 7.58. The van der Waals surface area contributed by atoms with E-state index < -0.39 is 4.92 Å². The summed E-state index contributed by atoms with van der Waals surface area (Å²) in [5.74, 6) is 1.19. The fraction of sp³-hybridized carbons (Fsp3) is 0.167. The SMILES string of the molecule is Cc1cc(N)nc(COc2cccc([N+](=O)[O-])c2)n1. The Morgan fingerprint density at radius 3 is 2.84 bits per heavy atom. The standard InChI is InChI=1S/C12H12N4O3/c1-8-5-11(13)15-12(14-8)7-19-10-4-2-3-9(6-10)16(17)18/h2-6H,7H2,1H3,(H2,13,14,15). The highest BCUT2D eigenvalue weighted by atomic mass is 16.6. The molecule has 0 aliphatic rings. The molecular weight excluding hydrogens is 248 g/mol. The summed E-state index contributed by atoms with van der Waals surface area (Å²) in [6.07, 6.45) is 0. The van der Waals surface area contributed by atoms with Gasteiger partial charge in [-0.25, -0.2) is 9.97 Å². The molecule has 0 aliphatic heterocycles. The Morgan fingerprint density at radius 1 is 1.37 bits per heavy atom. The van der Waals surface area contributed by atoms with Crippen molar-refractivity contribution < 1.29 is 9.66 Å². The zero-order valence-electron chi connectivity index (χ0n) is 10.2. The van der Waals surface area contributed by atoms with E-state index in [4.69, 9.17) is 10.5 Å². The monoisotopic (exact) mass is 260 g/mol. The first-order valence-corrected chi connectivity index (χ1v) is 5.52. The number of nitrogens with zero attached hydrogens (tertiary/aromatic N) is 3. The van der Waals surface area contributed by atoms with Gasteiger partial charge in [0.2, 0.25) is 0 Å². The second-order valence-electron chi connectivity index (χ2n) is 3.89. The van der Waals surface area contributed by atoms with E-state index in [9.17, 15) is 10.1 Å². The maximum absolute atomic E-state index is 10.6. The Hall–Kier alpha value is -2.70. The lowest BCUT2D eigenvalue weighted by Crippen LogP contribution is -2.05. The van der Waals surface area contributed by atoms with Crippen LogP contribution in [0.25, 0.3) is 0 Å². The van der Waals surface area contributed by atoms with Crippen molar-refractivity contribution in [2.45, 2.75) is 13.5 Å². The van der Waals surface area contributed by atoms with Crippen LogP contribution in [-0.4, -0.2) is 14.9 Å². The number of non-ortho nitro benzene ring substituents is 1. The Bertz CT molecular complexity index is 595. The first kappa shape index (κ1) is 12.7. The number of rotatable bonds is 4. The molecule has 1 aromatic carbocycles. The van der Waals surface area contributed by atoms with Crippen molar-refractivity contribution in [1.29, 1.82) is 0 Å². The number of nitrogen functional groups attached to an aromatic ring is 1. The first-order valence-electron chi connectivity index (χ1n) is 5.52. The summed E-state index contributed by atoms with van der Waals surface area (Å²) in [4.78, 5) is 18.3. The van der Waals surface area contributed by atoms with E-state index in [1.807, 2.05) is 0 Å². The van der Waals surface area contributed by atoms with Crippen molar-refractivity contribution >= 4 is 11.5 Å². The van der Waals surface area contributed by atoms with Crippen LogP contribution in [0.5, 0.6) is 5.75 Å². The van der Waals surface area contributed by atoms with Gasteiger partial charge in [0.15, 0.2) is 5.82 Å². The van der Waals surface area contributed by atoms with Gasteiger partial charge in [-0.1, -0.05) is 6.07 Å². The summed E-state index contributed by atoms with van der Waals surface area (Å²) in [5, 5.41) is 10.6. The number of nitro groups is 1. The van der Waals surface area contributed by atoms with E-state index in [0.29, 0.717) is 17.4 Å². The van der Waals surface area contributed by atoms with Crippen LogP contribution < -0.4 is 10.5 Å². The molecule has 0 unspecified atom stereocenters. The van der Waals surface area contributed by atoms with Crippen LogP contribution in [0, 0.1) is 17.0 Å². The summed E-state index contributed by atoms with van der Waals surface area (Å²) < 4.78 is 5.41. The molecule has 0 fully saturated rings. The Labute approximate surface area is 109 Å². The third kappa shape index (κ3) is 3.38. The topological polar surface area (TPSA) is 104 Å². The fourth-order valence-corrected chi connectivity index (χ4v) is 1.56. The van der Waals surface area contributed by atoms with Crippen molar-refractivity contribution in [2.75, 3.05) is 5.73 Å². The largest absolute Gasteiger partial charge is 0.485 e. The highest BCUT2D eigenvalue weighted by Gasteiger charge is 2.07. The average molecular weight is 260 g/mol. The van der Waals surface area contributed by atoms with Crippen LogP contribution in [0.15, 0.2) is 30.3 Å². The van der Waals surface area contributed by atoms with Gasteiger partial charge < -0.3 is 10.5 Å². The van der Waals surface area contributed by atoms with Crippen LogP contribution in [-0.2, 0) is 6.61 Å². The van der Waals surface area contributed by atoms with Crippen LogP contribution in [0.3, 0.4) is 0 Å². The number of anilines is 1. The van der Waals surface area contributed by atoms with Crippen molar-refractivity contribution in [3.05, 3.63) is 52.0 Å². The molecule has 0 atom stereocenters. The quantitative estimate of drug-likeness (QED) is 0.664. The minimum atomic E-state index is -0.478. The number of aryl methyl sites for hydroxylation is 1. The first-order chi connectivity index (χ1) is 9.04. The van der Waals surface area contributed by atoms with Crippen LogP contribution in [0.2, 0.25) is 0 Å². The molecule has 19 heavy (non-hydrogen) atoms. The highest BCUT2D eigenvalue weighted by molar-refractivity contribution is 5.38. The lowest BCUT2D eigenvalue weighted by atomic mass is 10.3. The number of benzene rings is 1.